The van der Waals surface area contributed by atoms with Gasteiger partial charge in [-0.05, 0) is 32.0 Å². The number of ether oxygens (including phenoxy) is 1. The predicted molar refractivity (Wildman–Crippen MR) is 100 cm³/mol. The molecule has 2 unspecified atom stereocenters. The Morgan fingerprint density at radius 2 is 2.00 bits per heavy atom. The molecular weight excluding hydrogens is 334 g/mol. The lowest BCUT2D eigenvalue weighted by Gasteiger charge is -2.36. The zero-order chi connectivity index (χ0) is 17.4. The molecule has 0 N–H and O–H groups in total. The van der Waals surface area contributed by atoms with Gasteiger partial charge >= 0.3 is 0 Å². The van der Waals surface area contributed by atoms with E-state index < -0.39 is 0 Å². The average Bonchev–Trinajstić information content (AvgIpc) is 3.04. The highest BCUT2D eigenvalue weighted by molar-refractivity contribution is 7.21. The number of hydrogen-bond acceptors (Lipinski definition) is 6. The zero-order valence-electron chi connectivity index (χ0n) is 14.2. The standard InChI is InChI=1S/C19H19N3O2S/c1-12-9-22(10-13(2)24-12)18-15(11-23)7-14(8-20-18)19-21-16-5-3-4-6-17(16)25-19/h3-8,11-13H,9-10H2,1-2H3. The maximum atomic E-state index is 11.7. The van der Waals surface area contributed by atoms with E-state index in [1.165, 1.54) is 0 Å². The van der Waals surface area contributed by atoms with Crippen molar-refractivity contribution >= 4 is 33.7 Å². The molecule has 1 aromatic carbocycles. The maximum absolute atomic E-state index is 11.7. The Labute approximate surface area is 150 Å². The summed E-state index contributed by atoms with van der Waals surface area (Å²) in [6, 6.07) is 9.91. The van der Waals surface area contributed by atoms with E-state index in [-0.39, 0.29) is 12.2 Å². The lowest BCUT2D eigenvalue weighted by atomic mass is 10.1. The first-order valence-electron chi connectivity index (χ1n) is 8.35. The Bertz CT molecular complexity index is 881. The molecule has 0 amide bonds. The van der Waals surface area contributed by atoms with Crippen LogP contribution in [-0.2, 0) is 4.74 Å². The van der Waals surface area contributed by atoms with Crippen molar-refractivity contribution in [1.82, 2.24) is 9.97 Å². The summed E-state index contributed by atoms with van der Waals surface area (Å²) < 4.78 is 6.90. The third-order valence-electron chi connectivity index (χ3n) is 4.28. The Morgan fingerprint density at radius 1 is 1.24 bits per heavy atom. The summed E-state index contributed by atoms with van der Waals surface area (Å²) in [7, 11) is 0. The van der Waals surface area contributed by atoms with Crippen molar-refractivity contribution < 1.29 is 9.53 Å². The van der Waals surface area contributed by atoms with Crippen LogP contribution in [0.2, 0.25) is 0 Å². The van der Waals surface area contributed by atoms with Crippen molar-refractivity contribution in [2.75, 3.05) is 18.0 Å². The Hall–Kier alpha value is -2.31. The van der Waals surface area contributed by atoms with Gasteiger partial charge in [-0.1, -0.05) is 12.1 Å². The fourth-order valence-electron chi connectivity index (χ4n) is 3.29. The minimum atomic E-state index is 0.119. The molecule has 0 bridgehead atoms. The van der Waals surface area contributed by atoms with Crippen LogP contribution in [0.5, 0.6) is 0 Å². The van der Waals surface area contributed by atoms with Crippen LogP contribution < -0.4 is 4.90 Å². The molecule has 4 rings (SSSR count). The van der Waals surface area contributed by atoms with Crippen molar-refractivity contribution in [3.63, 3.8) is 0 Å². The quantitative estimate of drug-likeness (QED) is 0.671. The minimum absolute atomic E-state index is 0.119. The number of fused-ring (bicyclic) bond motifs is 1. The SMILES string of the molecule is CC1CN(c2ncc(-c3nc4ccccc4s3)cc2C=O)CC(C)O1. The number of pyridine rings is 1. The second kappa shape index (κ2) is 6.54. The molecule has 1 fully saturated rings. The largest absolute Gasteiger partial charge is 0.372 e. The highest BCUT2D eigenvalue weighted by Crippen LogP contribution is 2.32. The van der Waals surface area contributed by atoms with Crippen molar-refractivity contribution in [2.24, 2.45) is 0 Å². The summed E-state index contributed by atoms with van der Waals surface area (Å²) in [5.74, 6) is 0.724. The number of hydrogen-bond donors (Lipinski definition) is 0. The summed E-state index contributed by atoms with van der Waals surface area (Å²) in [6.07, 6.45) is 2.93. The van der Waals surface area contributed by atoms with Gasteiger partial charge in [-0.2, -0.15) is 0 Å². The van der Waals surface area contributed by atoms with Crippen LogP contribution in [0, 0.1) is 0 Å². The summed E-state index contributed by atoms with van der Waals surface area (Å²) >= 11 is 1.61. The van der Waals surface area contributed by atoms with Crippen LogP contribution in [0.3, 0.4) is 0 Å². The number of aromatic nitrogens is 2. The summed E-state index contributed by atoms with van der Waals surface area (Å²) in [4.78, 5) is 23.1. The first-order valence-corrected chi connectivity index (χ1v) is 9.17. The van der Waals surface area contributed by atoms with E-state index >= 15 is 0 Å². The first kappa shape index (κ1) is 16.2. The summed E-state index contributed by atoms with van der Waals surface area (Å²) in [5, 5.41) is 0.882. The highest BCUT2D eigenvalue weighted by Gasteiger charge is 2.25. The number of anilines is 1. The van der Waals surface area contributed by atoms with E-state index in [1.54, 1.807) is 11.3 Å². The smallest absolute Gasteiger partial charge is 0.153 e. The zero-order valence-corrected chi connectivity index (χ0v) is 15.0. The molecule has 128 valence electrons. The average molecular weight is 353 g/mol. The minimum Gasteiger partial charge on any atom is -0.372 e. The Balaban J connectivity index is 1.71. The number of morpholine rings is 1. The third-order valence-corrected chi connectivity index (χ3v) is 5.37. The number of nitrogens with zero attached hydrogens (tertiary/aromatic N) is 3. The van der Waals surface area contributed by atoms with Crippen LogP contribution in [-0.4, -0.2) is 41.6 Å². The maximum Gasteiger partial charge on any atom is 0.153 e. The monoisotopic (exact) mass is 353 g/mol. The van der Waals surface area contributed by atoms with Gasteiger partial charge in [-0.3, -0.25) is 4.79 Å². The van der Waals surface area contributed by atoms with Gasteiger partial charge in [0, 0.05) is 24.8 Å². The number of rotatable bonds is 3. The molecule has 0 aliphatic carbocycles. The molecule has 5 nitrogen and oxygen atoms in total. The van der Waals surface area contributed by atoms with Crippen LogP contribution in [0.4, 0.5) is 5.82 Å². The van der Waals surface area contributed by atoms with Gasteiger partial charge in [0.05, 0.1) is 28.0 Å². The molecular formula is C19H19N3O2S. The molecule has 3 aromatic rings. The lowest BCUT2D eigenvalue weighted by molar-refractivity contribution is -0.00549. The number of carbonyl (C=O) groups excluding carboxylic acids is 1. The van der Waals surface area contributed by atoms with E-state index in [9.17, 15) is 4.79 Å². The van der Waals surface area contributed by atoms with E-state index in [2.05, 4.69) is 20.9 Å². The Morgan fingerprint density at radius 3 is 2.72 bits per heavy atom. The van der Waals surface area contributed by atoms with E-state index in [0.29, 0.717) is 5.56 Å². The number of thiazole rings is 1. The Kier molecular flexibility index (Phi) is 4.23. The van der Waals surface area contributed by atoms with E-state index in [0.717, 1.165) is 46.0 Å². The summed E-state index contributed by atoms with van der Waals surface area (Å²) in [5.41, 5.74) is 2.44. The van der Waals surface area contributed by atoms with Crippen LogP contribution in [0.25, 0.3) is 20.8 Å². The van der Waals surface area contributed by atoms with Gasteiger partial charge in [0.25, 0.3) is 0 Å². The molecule has 2 aromatic heterocycles. The van der Waals surface area contributed by atoms with Crippen molar-refractivity contribution in [2.45, 2.75) is 26.1 Å². The van der Waals surface area contributed by atoms with Crippen LogP contribution in [0.15, 0.2) is 36.5 Å². The predicted octanol–water partition coefficient (Wildman–Crippen LogP) is 3.78. The molecule has 6 heteroatoms. The second-order valence-corrected chi connectivity index (χ2v) is 7.43. The van der Waals surface area contributed by atoms with E-state index in [1.807, 2.05) is 44.3 Å². The summed E-state index contributed by atoms with van der Waals surface area (Å²) in [6.45, 7) is 5.55. The molecule has 1 aliphatic rings. The number of para-hydroxylation sites is 1. The number of benzene rings is 1. The molecule has 0 saturated carbocycles. The van der Waals surface area contributed by atoms with Gasteiger partial charge in [0.15, 0.2) is 6.29 Å². The topological polar surface area (TPSA) is 55.3 Å². The molecule has 1 saturated heterocycles. The molecule has 0 spiro atoms. The van der Waals surface area contributed by atoms with Crippen molar-refractivity contribution in [3.8, 4) is 10.6 Å². The molecule has 1 aliphatic heterocycles. The molecule has 25 heavy (non-hydrogen) atoms. The third kappa shape index (κ3) is 3.15. The highest BCUT2D eigenvalue weighted by atomic mass is 32.1. The molecule has 3 heterocycles. The molecule has 0 radical (unpaired) electrons. The van der Waals surface area contributed by atoms with Crippen molar-refractivity contribution in [1.29, 1.82) is 0 Å². The van der Waals surface area contributed by atoms with Gasteiger partial charge in [0.1, 0.15) is 10.8 Å². The number of carbonyl (C=O) groups is 1. The molecule has 2 atom stereocenters. The fraction of sp³-hybridized carbons (Fsp3) is 0.316. The first-order chi connectivity index (χ1) is 12.1. The number of aldehydes is 1. The van der Waals surface area contributed by atoms with Gasteiger partial charge < -0.3 is 9.64 Å². The normalized spacial score (nSPS) is 20.8. The van der Waals surface area contributed by atoms with Gasteiger partial charge in [-0.15, -0.1) is 11.3 Å². The van der Waals surface area contributed by atoms with Crippen LogP contribution >= 0.6 is 11.3 Å². The lowest BCUT2D eigenvalue weighted by Crippen LogP contribution is -2.46. The fourth-order valence-corrected chi connectivity index (χ4v) is 4.24. The van der Waals surface area contributed by atoms with Crippen LogP contribution in [0.1, 0.15) is 24.2 Å². The van der Waals surface area contributed by atoms with Crippen molar-refractivity contribution in [3.05, 3.63) is 42.1 Å². The van der Waals surface area contributed by atoms with E-state index in [4.69, 9.17) is 4.74 Å². The second-order valence-electron chi connectivity index (χ2n) is 6.40. The van der Waals surface area contributed by atoms with Gasteiger partial charge in [-0.25, -0.2) is 9.97 Å². The van der Waals surface area contributed by atoms with Gasteiger partial charge in [0.2, 0.25) is 0 Å².